The zero-order valence-corrected chi connectivity index (χ0v) is 23.9. The first-order valence-electron chi connectivity index (χ1n) is 13.1. The van der Waals surface area contributed by atoms with E-state index in [1.807, 2.05) is 18.2 Å². The summed E-state index contributed by atoms with van der Waals surface area (Å²) in [6.07, 6.45) is 8.43. The summed E-state index contributed by atoms with van der Waals surface area (Å²) in [5, 5.41) is 12.3. The number of rotatable bonds is 3. The van der Waals surface area contributed by atoms with Crippen LogP contribution in [0.3, 0.4) is 0 Å². The Balaban J connectivity index is 1.41. The van der Waals surface area contributed by atoms with Gasteiger partial charge in [0.15, 0.2) is 4.32 Å². The molecule has 1 aromatic carbocycles. The van der Waals surface area contributed by atoms with E-state index in [-0.39, 0.29) is 28.1 Å². The lowest BCUT2D eigenvalue weighted by atomic mass is 9.49. The fraction of sp³-hybridized carbons (Fsp3) is 0.621. The minimum atomic E-state index is -0.345. The molecule has 1 aliphatic heterocycles. The average molecular weight is 527 g/mol. The molecule has 0 atom stereocenters. The number of hydrogen-bond donors (Lipinski definition) is 2. The molecule has 36 heavy (non-hydrogen) atoms. The van der Waals surface area contributed by atoms with Crippen LogP contribution in [-0.2, 0) is 20.4 Å². The summed E-state index contributed by atoms with van der Waals surface area (Å²) >= 11 is 6.75. The van der Waals surface area contributed by atoms with E-state index >= 15 is 0 Å². The molecule has 4 saturated carbocycles. The van der Waals surface area contributed by atoms with E-state index in [9.17, 15) is 14.7 Å². The molecule has 5 fully saturated rings. The highest BCUT2D eigenvalue weighted by Gasteiger charge is 2.55. The van der Waals surface area contributed by atoms with Gasteiger partial charge in [0, 0.05) is 11.1 Å². The zero-order valence-electron chi connectivity index (χ0n) is 22.2. The van der Waals surface area contributed by atoms with E-state index in [2.05, 4.69) is 47.0 Å². The van der Waals surface area contributed by atoms with Crippen LogP contribution in [0.2, 0.25) is 0 Å². The number of carbonyl (C=O) groups excluding carboxylic acids is 2. The van der Waals surface area contributed by atoms with E-state index in [1.54, 1.807) is 0 Å². The smallest absolute Gasteiger partial charge is 0.285 e. The molecule has 1 saturated heterocycles. The lowest BCUT2D eigenvalue weighted by Gasteiger charge is -2.55. The van der Waals surface area contributed by atoms with Crippen LogP contribution in [0.4, 0.5) is 0 Å². The second-order valence-corrected chi connectivity index (χ2v) is 15.3. The number of phenols is 1. The van der Waals surface area contributed by atoms with Crippen LogP contribution in [-0.4, -0.2) is 26.3 Å². The summed E-state index contributed by atoms with van der Waals surface area (Å²) < 4.78 is 0.357. The molecule has 7 heteroatoms. The van der Waals surface area contributed by atoms with E-state index in [1.165, 1.54) is 36.0 Å². The van der Waals surface area contributed by atoms with E-state index in [4.69, 9.17) is 12.2 Å². The highest BCUT2D eigenvalue weighted by Crippen LogP contribution is 2.60. The molecule has 6 rings (SSSR count). The Bertz CT molecular complexity index is 1100. The molecule has 0 radical (unpaired) electrons. The van der Waals surface area contributed by atoms with Gasteiger partial charge in [0.1, 0.15) is 5.75 Å². The van der Waals surface area contributed by atoms with Crippen molar-refractivity contribution in [1.29, 1.82) is 0 Å². The molecule has 2 N–H and O–H groups in total. The lowest BCUT2D eigenvalue weighted by molar-refractivity contribution is -0.152. The van der Waals surface area contributed by atoms with Crippen LogP contribution in [0, 0.1) is 23.2 Å². The number of nitrogens with zero attached hydrogens (tertiary/aromatic N) is 1. The molecular formula is C29H38N2O3S2. The molecule has 4 aliphatic carbocycles. The molecule has 0 unspecified atom stereocenters. The summed E-state index contributed by atoms with van der Waals surface area (Å²) in [7, 11) is 0. The maximum atomic E-state index is 13.5. The molecular weight excluding hydrogens is 488 g/mol. The number of amides is 2. The third-order valence-corrected chi connectivity index (χ3v) is 9.88. The van der Waals surface area contributed by atoms with Gasteiger partial charge in [-0.05, 0) is 103 Å². The van der Waals surface area contributed by atoms with Crippen molar-refractivity contribution in [2.45, 2.75) is 90.9 Å². The average Bonchev–Trinajstić information content (AvgIpc) is 2.99. The summed E-state index contributed by atoms with van der Waals surface area (Å²) in [6, 6.07) is 3.90. The molecule has 1 heterocycles. The van der Waals surface area contributed by atoms with Crippen molar-refractivity contribution < 1.29 is 14.7 Å². The third kappa shape index (κ3) is 4.51. The Labute approximate surface area is 224 Å². The number of benzene rings is 1. The van der Waals surface area contributed by atoms with Crippen LogP contribution in [0.5, 0.6) is 5.75 Å². The summed E-state index contributed by atoms with van der Waals surface area (Å²) in [6.45, 7) is 12.4. The quantitative estimate of drug-likeness (QED) is 0.351. The van der Waals surface area contributed by atoms with Gasteiger partial charge in [0.2, 0.25) is 5.91 Å². The Morgan fingerprint density at radius 1 is 1.03 bits per heavy atom. The first kappa shape index (κ1) is 25.8. The largest absolute Gasteiger partial charge is 0.507 e. The summed E-state index contributed by atoms with van der Waals surface area (Å²) in [5.74, 6) is 1.94. The minimum absolute atomic E-state index is 0.0335. The van der Waals surface area contributed by atoms with Gasteiger partial charge in [-0.2, -0.15) is 5.01 Å². The van der Waals surface area contributed by atoms with Gasteiger partial charge >= 0.3 is 0 Å². The van der Waals surface area contributed by atoms with E-state index in [0.29, 0.717) is 32.7 Å². The van der Waals surface area contributed by atoms with Gasteiger partial charge in [0.25, 0.3) is 5.91 Å². The number of hydrazine groups is 1. The van der Waals surface area contributed by atoms with Crippen LogP contribution >= 0.6 is 24.0 Å². The first-order chi connectivity index (χ1) is 16.7. The normalized spacial score (nSPS) is 31.0. The maximum Gasteiger partial charge on any atom is 0.285 e. The van der Waals surface area contributed by atoms with Crippen molar-refractivity contribution in [2.75, 3.05) is 0 Å². The van der Waals surface area contributed by atoms with Crippen molar-refractivity contribution in [1.82, 2.24) is 10.4 Å². The van der Waals surface area contributed by atoms with Crippen LogP contribution in [0.25, 0.3) is 6.08 Å². The van der Waals surface area contributed by atoms with Crippen LogP contribution < -0.4 is 5.43 Å². The predicted octanol–water partition coefficient (Wildman–Crippen LogP) is 6.44. The number of aromatic hydroxyl groups is 1. The molecule has 5 nitrogen and oxygen atoms in total. The van der Waals surface area contributed by atoms with Gasteiger partial charge in [0.05, 0.1) is 10.3 Å². The molecule has 5 aliphatic rings. The second kappa shape index (κ2) is 8.59. The highest BCUT2D eigenvalue weighted by molar-refractivity contribution is 8.26. The molecule has 4 bridgehead atoms. The Morgan fingerprint density at radius 2 is 1.50 bits per heavy atom. The summed E-state index contributed by atoms with van der Waals surface area (Å²) in [4.78, 5) is 27.4. The van der Waals surface area contributed by atoms with Gasteiger partial charge in [-0.1, -0.05) is 53.3 Å². The number of phenolic OH excluding ortho intramolecular Hbond substituents is 1. The number of carbonyl (C=O) groups is 2. The molecule has 2 amide bonds. The predicted molar refractivity (Wildman–Crippen MR) is 149 cm³/mol. The number of hydrogen-bond acceptors (Lipinski definition) is 5. The van der Waals surface area contributed by atoms with Crippen molar-refractivity contribution in [3.05, 3.63) is 33.7 Å². The molecule has 0 aromatic heterocycles. The highest BCUT2D eigenvalue weighted by atomic mass is 32.2. The van der Waals surface area contributed by atoms with Crippen molar-refractivity contribution in [3.8, 4) is 5.75 Å². The van der Waals surface area contributed by atoms with Gasteiger partial charge in [-0.15, -0.1) is 0 Å². The zero-order chi connectivity index (χ0) is 26.2. The minimum Gasteiger partial charge on any atom is -0.507 e. The van der Waals surface area contributed by atoms with Crippen molar-refractivity contribution >= 4 is 46.2 Å². The Morgan fingerprint density at radius 3 is 1.94 bits per heavy atom. The molecule has 194 valence electrons. The standard InChI is InChI=1S/C29H38N2O3S2/c1-27(2,3)20-10-16(11-21(23(20)32)28(4,5)6)12-22-24(33)31(26(35)36-22)30-25(34)29-13-17-7-18(14-29)9-19(8-17)15-29/h10-12,17-19,32H,7-9,13-15H2,1-6H3,(H,30,34)/b22-12-. The second-order valence-electron chi connectivity index (χ2n) is 13.6. The van der Waals surface area contributed by atoms with Crippen LogP contribution in [0.15, 0.2) is 17.0 Å². The number of thioether (sulfide) groups is 1. The number of thiocarbonyl (C=S) groups is 1. The topological polar surface area (TPSA) is 69.6 Å². The molecule has 0 spiro atoms. The fourth-order valence-corrected chi connectivity index (χ4v) is 8.39. The summed E-state index contributed by atoms with van der Waals surface area (Å²) in [5.41, 5.74) is 4.58. The van der Waals surface area contributed by atoms with Crippen LogP contribution in [0.1, 0.15) is 96.8 Å². The maximum absolute atomic E-state index is 13.5. The van der Waals surface area contributed by atoms with Crippen molar-refractivity contribution in [2.24, 2.45) is 23.2 Å². The lowest BCUT2D eigenvalue weighted by Crippen LogP contribution is -2.57. The monoisotopic (exact) mass is 526 g/mol. The first-order valence-corrected chi connectivity index (χ1v) is 14.4. The van der Waals surface area contributed by atoms with Gasteiger partial charge < -0.3 is 5.11 Å². The Kier molecular flexibility index (Phi) is 6.15. The number of nitrogens with one attached hydrogen (secondary N) is 1. The third-order valence-electron chi connectivity index (χ3n) is 8.57. The molecule has 1 aromatic rings. The van der Waals surface area contributed by atoms with E-state index in [0.717, 1.165) is 36.0 Å². The Hall–Kier alpha value is -1.86. The van der Waals surface area contributed by atoms with Crippen molar-refractivity contribution in [3.63, 3.8) is 0 Å². The van der Waals surface area contributed by atoms with Gasteiger partial charge in [-0.25, -0.2) is 0 Å². The van der Waals surface area contributed by atoms with E-state index < -0.39 is 0 Å². The van der Waals surface area contributed by atoms with Gasteiger partial charge in [-0.3, -0.25) is 15.0 Å². The SMILES string of the molecule is CC(C)(C)c1cc(/C=C2\SC(=S)N(NC(=O)C34CC5CC(CC(C5)C3)C4)C2=O)cc(C(C)(C)C)c1O. The fourth-order valence-electron chi connectivity index (χ4n) is 7.21.